The van der Waals surface area contributed by atoms with Gasteiger partial charge < -0.3 is 10.4 Å². The van der Waals surface area contributed by atoms with E-state index in [0.717, 1.165) is 19.3 Å². The monoisotopic (exact) mass is 269 g/mol. The summed E-state index contributed by atoms with van der Waals surface area (Å²) >= 11 is 1.52. The lowest BCUT2D eigenvalue weighted by molar-refractivity contribution is -0.136. The van der Waals surface area contributed by atoms with Crippen molar-refractivity contribution in [1.82, 2.24) is 5.32 Å². The molecule has 0 unspecified atom stereocenters. The lowest BCUT2D eigenvalue weighted by atomic mass is 10.1. The molecule has 0 aliphatic heterocycles. The highest BCUT2D eigenvalue weighted by Crippen LogP contribution is 2.24. The minimum atomic E-state index is -0.901. The van der Waals surface area contributed by atoms with Crippen LogP contribution in [-0.4, -0.2) is 23.5 Å². The Balaban J connectivity index is 2.65. The van der Waals surface area contributed by atoms with E-state index in [2.05, 4.69) is 19.2 Å². The number of amides is 1. The van der Waals surface area contributed by atoms with Crippen LogP contribution in [-0.2, 0) is 17.6 Å². The molecule has 1 rings (SSSR count). The maximum atomic E-state index is 11.8. The molecule has 0 saturated heterocycles. The van der Waals surface area contributed by atoms with Gasteiger partial charge >= 0.3 is 5.97 Å². The fourth-order valence-corrected chi connectivity index (χ4v) is 2.96. The molecule has 0 atom stereocenters. The lowest BCUT2D eigenvalue weighted by Crippen LogP contribution is -2.25. The van der Waals surface area contributed by atoms with Gasteiger partial charge in [-0.05, 0) is 24.5 Å². The second-order valence-corrected chi connectivity index (χ2v) is 5.20. The summed E-state index contributed by atoms with van der Waals surface area (Å²) in [5.41, 5.74) is 1.23. The molecule has 0 spiro atoms. The molecule has 0 saturated carbocycles. The third-order valence-electron chi connectivity index (χ3n) is 2.60. The van der Waals surface area contributed by atoms with Gasteiger partial charge in [0.25, 0.3) is 5.91 Å². The second kappa shape index (κ2) is 7.16. The van der Waals surface area contributed by atoms with Gasteiger partial charge in [-0.3, -0.25) is 9.59 Å². The molecule has 1 aromatic rings. The maximum Gasteiger partial charge on any atom is 0.305 e. The average molecular weight is 269 g/mol. The van der Waals surface area contributed by atoms with Gasteiger partial charge in [0, 0.05) is 11.4 Å². The zero-order chi connectivity index (χ0) is 13.5. The van der Waals surface area contributed by atoms with Crippen LogP contribution >= 0.6 is 11.3 Å². The third kappa shape index (κ3) is 4.14. The molecule has 100 valence electrons. The van der Waals surface area contributed by atoms with Gasteiger partial charge in [-0.15, -0.1) is 11.3 Å². The van der Waals surface area contributed by atoms with Crippen LogP contribution in [0.2, 0.25) is 0 Å². The molecular weight excluding hydrogens is 250 g/mol. The summed E-state index contributed by atoms with van der Waals surface area (Å²) in [6.07, 6.45) is 2.94. The Morgan fingerprint density at radius 1 is 1.39 bits per heavy atom. The number of rotatable bonds is 7. The standard InChI is InChI=1S/C13H19NO3S/c1-3-5-10-9(4-2)8-11(18-10)13(17)14-7-6-12(15)16/h8H,3-7H2,1-2H3,(H,14,17)(H,15,16). The Labute approximate surface area is 111 Å². The predicted octanol–water partition coefficient (Wildman–Crippen LogP) is 2.47. The number of aryl methyl sites for hydroxylation is 2. The number of carbonyl (C=O) groups is 2. The van der Waals surface area contributed by atoms with E-state index in [1.54, 1.807) is 0 Å². The van der Waals surface area contributed by atoms with E-state index in [0.29, 0.717) is 4.88 Å². The van der Waals surface area contributed by atoms with Crippen LogP contribution in [0.3, 0.4) is 0 Å². The molecule has 0 aromatic carbocycles. The molecule has 2 N–H and O–H groups in total. The van der Waals surface area contributed by atoms with E-state index in [4.69, 9.17) is 5.11 Å². The molecule has 18 heavy (non-hydrogen) atoms. The number of nitrogens with one attached hydrogen (secondary N) is 1. The number of hydrogen-bond donors (Lipinski definition) is 2. The lowest BCUT2D eigenvalue weighted by Gasteiger charge is -2.00. The molecule has 0 aliphatic rings. The molecule has 0 radical (unpaired) electrons. The Kier molecular flexibility index (Phi) is 5.85. The minimum absolute atomic E-state index is 0.0421. The van der Waals surface area contributed by atoms with Crippen molar-refractivity contribution >= 4 is 23.2 Å². The molecule has 1 aromatic heterocycles. The first kappa shape index (κ1) is 14.7. The zero-order valence-corrected chi connectivity index (χ0v) is 11.6. The minimum Gasteiger partial charge on any atom is -0.481 e. The summed E-state index contributed by atoms with van der Waals surface area (Å²) < 4.78 is 0. The fourth-order valence-electron chi connectivity index (χ4n) is 1.69. The highest BCUT2D eigenvalue weighted by Gasteiger charge is 2.13. The summed E-state index contributed by atoms with van der Waals surface area (Å²) in [5, 5.41) is 11.1. The van der Waals surface area contributed by atoms with E-state index >= 15 is 0 Å². The quantitative estimate of drug-likeness (QED) is 0.799. The Bertz CT molecular complexity index is 426. The summed E-state index contributed by atoms with van der Waals surface area (Å²) in [5.74, 6) is -1.07. The largest absolute Gasteiger partial charge is 0.481 e. The van der Waals surface area contributed by atoms with Gasteiger partial charge in [-0.1, -0.05) is 20.3 Å². The van der Waals surface area contributed by atoms with Gasteiger partial charge in [-0.2, -0.15) is 0 Å². The average Bonchev–Trinajstić information content (AvgIpc) is 2.72. The Morgan fingerprint density at radius 2 is 2.11 bits per heavy atom. The van der Waals surface area contributed by atoms with E-state index in [-0.39, 0.29) is 18.9 Å². The molecule has 1 amide bonds. The van der Waals surface area contributed by atoms with Crippen LogP contribution in [0.25, 0.3) is 0 Å². The number of carboxylic acids is 1. The SMILES string of the molecule is CCCc1sc(C(=O)NCCC(=O)O)cc1CC. The van der Waals surface area contributed by atoms with Crippen molar-refractivity contribution in [1.29, 1.82) is 0 Å². The first-order valence-corrected chi connectivity index (χ1v) is 7.01. The van der Waals surface area contributed by atoms with Gasteiger partial charge in [-0.25, -0.2) is 0 Å². The number of thiophene rings is 1. The van der Waals surface area contributed by atoms with E-state index in [1.165, 1.54) is 21.8 Å². The van der Waals surface area contributed by atoms with Crippen LogP contribution in [0, 0.1) is 0 Å². The van der Waals surface area contributed by atoms with Crippen molar-refractivity contribution < 1.29 is 14.7 Å². The first-order valence-electron chi connectivity index (χ1n) is 6.20. The summed E-state index contributed by atoms with van der Waals surface area (Å²) in [7, 11) is 0. The Hall–Kier alpha value is -1.36. The molecule has 0 bridgehead atoms. The van der Waals surface area contributed by atoms with Crippen LogP contribution in [0.5, 0.6) is 0 Å². The Morgan fingerprint density at radius 3 is 2.67 bits per heavy atom. The second-order valence-electron chi connectivity index (χ2n) is 4.06. The van der Waals surface area contributed by atoms with Crippen molar-refractivity contribution in [2.45, 2.75) is 39.5 Å². The van der Waals surface area contributed by atoms with Crippen molar-refractivity contribution in [2.75, 3.05) is 6.54 Å². The van der Waals surface area contributed by atoms with Gasteiger partial charge in [0.05, 0.1) is 11.3 Å². The van der Waals surface area contributed by atoms with Gasteiger partial charge in [0.2, 0.25) is 0 Å². The third-order valence-corrected chi connectivity index (χ3v) is 3.84. The van der Waals surface area contributed by atoms with Crippen LogP contribution in [0.15, 0.2) is 6.07 Å². The summed E-state index contributed by atoms with van der Waals surface area (Å²) in [6, 6.07) is 1.92. The number of carbonyl (C=O) groups excluding carboxylic acids is 1. The van der Waals surface area contributed by atoms with Crippen LogP contribution < -0.4 is 5.32 Å². The van der Waals surface area contributed by atoms with Crippen LogP contribution in [0.1, 0.15) is 46.8 Å². The van der Waals surface area contributed by atoms with E-state index in [1.807, 2.05) is 6.07 Å². The van der Waals surface area contributed by atoms with Crippen molar-refractivity contribution in [3.8, 4) is 0 Å². The topological polar surface area (TPSA) is 66.4 Å². The predicted molar refractivity (Wildman–Crippen MR) is 72.3 cm³/mol. The zero-order valence-electron chi connectivity index (χ0n) is 10.8. The van der Waals surface area contributed by atoms with Gasteiger partial charge in [0.1, 0.15) is 0 Å². The number of hydrogen-bond acceptors (Lipinski definition) is 3. The van der Waals surface area contributed by atoms with Gasteiger partial charge in [0.15, 0.2) is 0 Å². The number of carboxylic acid groups (broad SMARTS) is 1. The van der Waals surface area contributed by atoms with Crippen molar-refractivity contribution in [3.05, 3.63) is 21.4 Å². The molecule has 1 heterocycles. The molecule has 5 heteroatoms. The van der Waals surface area contributed by atoms with E-state index in [9.17, 15) is 9.59 Å². The van der Waals surface area contributed by atoms with Crippen molar-refractivity contribution in [2.24, 2.45) is 0 Å². The van der Waals surface area contributed by atoms with Crippen molar-refractivity contribution in [3.63, 3.8) is 0 Å². The first-order chi connectivity index (χ1) is 8.58. The summed E-state index contributed by atoms with van der Waals surface area (Å²) in [4.78, 5) is 24.1. The smallest absolute Gasteiger partial charge is 0.305 e. The molecular formula is C13H19NO3S. The molecule has 4 nitrogen and oxygen atoms in total. The fraction of sp³-hybridized carbons (Fsp3) is 0.538. The highest BCUT2D eigenvalue weighted by molar-refractivity contribution is 7.14. The molecule has 0 fully saturated rings. The van der Waals surface area contributed by atoms with Crippen LogP contribution in [0.4, 0.5) is 0 Å². The summed E-state index contributed by atoms with van der Waals surface area (Å²) in [6.45, 7) is 4.37. The maximum absolute atomic E-state index is 11.8. The number of aliphatic carboxylic acids is 1. The highest BCUT2D eigenvalue weighted by atomic mass is 32.1. The normalized spacial score (nSPS) is 10.3. The molecule has 0 aliphatic carbocycles. The van der Waals surface area contributed by atoms with E-state index < -0.39 is 5.97 Å².